The van der Waals surface area contributed by atoms with Crippen LogP contribution in [0, 0.1) is 0 Å². The van der Waals surface area contributed by atoms with Gasteiger partial charge in [0.05, 0.1) is 5.60 Å². The van der Waals surface area contributed by atoms with Crippen LogP contribution in [0.4, 0.5) is 8.78 Å². The monoisotopic (exact) mass is 200 g/mol. The lowest BCUT2D eigenvalue weighted by Crippen LogP contribution is -2.15. The minimum atomic E-state index is -2.32. The van der Waals surface area contributed by atoms with E-state index in [4.69, 9.17) is 0 Å². The van der Waals surface area contributed by atoms with Crippen molar-refractivity contribution >= 4 is 0 Å². The van der Waals surface area contributed by atoms with Crippen LogP contribution in [-0.4, -0.2) is 11.5 Å². The van der Waals surface area contributed by atoms with Crippen molar-refractivity contribution in [2.75, 3.05) is 0 Å². The highest BCUT2D eigenvalue weighted by atomic mass is 19.3. The fourth-order valence-corrected chi connectivity index (χ4v) is 1.23. The molecular weight excluding hydrogens is 186 g/mol. The molecule has 78 valence electrons. The van der Waals surface area contributed by atoms with E-state index in [0.29, 0.717) is 5.56 Å². The molecule has 0 bridgehead atoms. The number of benzene rings is 1. The van der Waals surface area contributed by atoms with E-state index in [2.05, 4.69) is 0 Å². The molecule has 1 rings (SSSR count). The molecule has 0 unspecified atom stereocenters. The summed E-state index contributed by atoms with van der Waals surface area (Å²) in [6.45, 7) is 3.32. The molecule has 0 atom stereocenters. The smallest absolute Gasteiger partial charge is 0.242 e. The van der Waals surface area contributed by atoms with Crippen LogP contribution < -0.4 is 0 Å². The minimum absolute atomic E-state index is 0.230. The molecule has 0 spiro atoms. The van der Waals surface area contributed by atoms with E-state index in [-0.39, 0.29) is 6.42 Å². The van der Waals surface area contributed by atoms with E-state index >= 15 is 0 Å². The van der Waals surface area contributed by atoms with Gasteiger partial charge in [-0.3, -0.25) is 0 Å². The summed E-state index contributed by atoms with van der Waals surface area (Å²) in [7, 11) is 0. The Balaban J connectivity index is 2.79. The Bertz CT molecular complexity index is 285. The van der Waals surface area contributed by atoms with Gasteiger partial charge in [-0.15, -0.1) is 0 Å². The fraction of sp³-hybridized carbons (Fsp3) is 0.455. The second-order valence-electron chi connectivity index (χ2n) is 3.85. The Morgan fingerprint density at radius 3 is 2.07 bits per heavy atom. The van der Waals surface area contributed by atoms with E-state index in [1.807, 2.05) is 0 Å². The molecule has 0 aromatic heterocycles. The van der Waals surface area contributed by atoms with Gasteiger partial charge in [0.2, 0.25) is 6.43 Å². The lowest BCUT2D eigenvalue weighted by Gasteiger charge is -2.17. The third-order valence-corrected chi connectivity index (χ3v) is 2.05. The van der Waals surface area contributed by atoms with E-state index in [0.717, 1.165) is 5.56 Å². The molecule has 1 N–H and O–H groups in total. The zero-order chi connectivity index (χ0) is 10.8. The number of halogens is 2. The quantitative estimate of drug-likeness (QED) is 0.795. The van der Waals surface area contributed by atoms with Crippen molar-refractivity contribution in [3.63, 3.8) is 0 Å². The topological polar surface area (TPSA) is 20.2 Å². The van der Waals surface area contributed by atoms with Crippen molar-refractivity contribution in [3.8, 4) is 0 Å². The zero-order valence-electron chi connectivity index (χ0n) is 8.30. The first kappa shape index (κ1) is 11.1. The van der Waals surface area contributed by atoms with Crippen LogP contribution in [0.1, 0.15) is 25.0 Å². The van der Waals surface area contributed by atoms with E-state index in [1.165, 1.54) is 0 Å². The number of rotatable bonds is 3. The van der Waals surface area contributed by atoms with Crippen molar-refractivity contribution in [1.29, 1.82) is 0 Å². The Hall–Kier alpha value is -0.960. The van der Waals surface area contributed by atoms with Gasteiger partial charge < -0.3 is 5.11 Å². The molecule has 1 aromatic rings. The maximum Gasteiger partial charge on any atom is 0.242 e. The fourth-order valence-electron chi connectivity index (χ4n) is 1.23. The average Bonchev–Trinajstić information content (AvgIpc) is 2.02. The molecule has 1 nitrogen and oxygen atoms in total. The molecule has 0 heterocycles. The summed E-state index contributed by atoms with van der Waals surface area (Å²) in [6.07, 6.45) is -2.55. The van der Waals surface area contributed by atoms with Crippen LogP contribution in [0.3, 0.4) is 0 Å². The van der Waals surface area contributed by atoms with Gasteiger partial charge in [0.15, 0.2) is 0 Å². The van der Waals surface area contributed by atoms with Crippen molar-refractivity contribution < 1.29 is 13.9 Å². The lowest BCUT2D eigenvalue weighted by molar-refractivity contribution is 0.0786. The number of aliphatic hydroxyl groups is 1. The van der Waals surface area contributed by atoms with E-state index in [9.17, 15) is 13.9 Å². The van der Waals surface area contributed by atoms with Gasteiger partial charge in [-0.1, -0.05) is 24.3 Å². The molecule has 0 aliphatic rings. The largest absolute Gasteiger partial charge is 0.386 e. The van der Waals surface area contributed by atoms with Crippen LogP contribution in [-0.2, 0) is 12.0 Å². The molecule has 3 heteroatoms. The minimum Gasteiger partial charge on any atom is -0.386 e. The Morgan fingerprint density at radius 1 is 1.21 bits per heavy atom. The van der Waals surface area contributed by atoms with Gasteiger partial charge >= 0.3 is 0 Å². The Labute approximate surface area is 82.4 Å². The first-order chi connectivity index (χ1) is 6.39. The number of hydrogen-bond acceptors (Lipinski definition) is 1. The summed E-state index contributed by atoms with van der Waals surface area (Å²) >= 11 is 0. The van der Waals surface area contributed by atoms with E-state index < -0.39 is 12.0 Å². The van der Waals surface area contributed by atoms with Crippen LogP contribution >= 0.6 is 0 Å². The molecule has 0 saturated heterocycles. The molecule has 0 amide bonds. The van der Waals surface area contributed by atoms with Gasteiger partial charge in [0.1, 0.15) is 0 Å². The van der Waals surface area contributed by atoms with Crippen LogP contribution in [0.5, 0.6) is 0 Å². The normalized spacial score (nSPS) is 12.1. The van der Waals surface area contributed by atoms with Crippen molar-refractivity contribution in [2.45, 2.75) is 32.3 Å². The van der Waals surface area contributed by atoms with Crippen molar-refractivity contribution in [2.24, 2.45) is 0 Å². The molecule has 0 radical (unpaired) electrons. The van der Waals surface area contributed by atoms with Gasteiger partial charge in [-0.25, -0.2) is 8.78 Å². The maximum absolute atomic E-state index is 12.0. The van der Waals surface area contributed by atoms with Crippen LogP contribution in [0.15, 0.2) is 24.3 Å². The Kier molecular flexibility index (Phi) is 3.21. The maximum atomic E-state index is 12.0. The van der Waals surface area contributed by atoms with Gasteiger partial charge in [0, 0.05) is 6.42 Å². The van der Waals surface area contributed by atoms with Gasteiger partial charge in [0.25, 0.3) is 0 Å². The van der Waals surface area contributed by atoms with Crippen molar-refractivity contribution in [1.82, 2.24) is 0 Å². The summed E-state index contributed by atoms with van der Waals surface area (Å²) < 4.78 is 24.0. The van der Waals surface area contributed by atoms with Gasteiger partial charge in [-0.2, -0.15) is 0 Å². The molecule has 0 fully saturated rings. The van der Waals surface area contributed by atoms with E-state index in [1.54, 1.807) is 38.1 Å². The summed E-state index contributed by atoms with van der Waals surface area (Å²) in [6, 6.07) is 6.61. The first-order valence-corrected chi connectivity index (χ1v) is 4.49. The predicted octanol–water partition coefficient (Wildman–Crippen LogP) is 2.72. The standard InChI is InChI=1S/C11H14F2O/c1-11(2,14)9-5-3-8(4-6-9)7-10(12)13/h3-6,10,14H,7H2,1-2H3. The first-order valence-electron chi connectivity index (χ1n) is 4.49. The molecule has 14 heavy (non-hydrogen) atoms. The molecule has 0 saturated carbocycles. The van der Waals surface area contributed by atoms with Gasteiger partial charge in [-0.05, 0) is 25.0 Å². The summed E-state index contributed by atoms with van der Waals surface area (Å²) in [5.74, 6) is 0. The second kappa shape index (κ2) is 4.05. The summed E-state index contributed by atoms with van der Waals surface area (Å²) in [5, 5.41) is 9.61. The van der Waals surface area contributed by atoms with Crippen LogP contribution in [0.25, 0.3) is 0 Å². The third-order valence-electron chi connectivity index (χ3n) is 2.05. The molecule has 1 aromatic carbocycles. The van der Waals surface area contributed by atoms with Crippen molar-refractivity contribution in [3.05, 3.63) is 35.4 Å². The Morgan fingerprint density at radius 2 is 1.71 bits per heavy atom. The van der Waals surface area contributed by atoms with Crippen LogP contribution in [0.2, 0.25) is 0 Å². The molecule has 0 aliphatic heterocycles. The second-order valence-corrected chi connectivity index (χ2v) is 3.85. The summed E-state index contributed by atoms with van der Waals surface area (Å²) in [5.41, 5.74) is 0.409. The highest BCUT2D eigenvalue weighted by Crippen LogP contribution is 2.20. The highest BCUT2D eigenvalue weighted by molar-refractivity contribution is 5.26. The molecular formula is C11H14F2O. The summed E-state index contributed by atoms with van der Waals surface area (Å²) in [4.78, 5) is 0. The third kappa shape index (κ3) is 3.07. The average molecular weight is 200 g/mol. The zero-order valence-corrected chi connectivity index (χ0v) is 8.30. The SMILES string of the molecule is CC(C)(O)c1ccc(CC(F)F)cc1. The number of hydrogen-bond donors (Lipinski definition) is 1. The molecule has 0 aliphatic carbocycles. The number of alkyl halides is 2. The highest BCUT2D eigenvalue weighted by Gasteiger charge is 2.15. The lowest BCUT2D eigenvalue weighted by atomic mass is 9.97. The predicted molar refractivity (Wildman–Crippen MR) is 51.4 cm³/mol.